The summed E-state index contributed by atoms with van der Waals surface area (Å²) in [6.45, 7) is 3.46. The van der Waals surface area contributed by atoms with E-state index in [0.717, 1.165) is 16.7 Å². The van der Waals surface area contributed by atoms with Crippen molar-refractivity contribution >= 4 is 41.0 Å². The quantitative estimate of drug-likeness (QED) is 0.294. The highest BCUT2D eigenvalue weighted by Crippen LogP contribution is 2.23. The zero-order valence-corrected chi connectivity index (χ0v) is 17.6. The smallest absolute Gasteiger partial charge is 0.295 e. The largest absolute Gasteiger partial charge is 0.367 e. The normalized spacial score (nSPS) is 14.3. The minimum absolute atomic E-state index is 0.0444. The minimum Gasteiger partial charge on any atom is -0.367 e. The van der Waals surface area contributed by atoms with Crippen molar-refractivity contribution in [2.75, 3.05) is 26.2 Å². The van der Waals surface area contributed by atoms with Crippen LogP contribution in [0.4, 0.5) is 4.39 Å². The number of H-pyrrole nitrogens is 1. The van der Waals surface area contributed by atoms with E-state index in [1.165, 1.54) is 23.2 Å². The van der Waals surface area contributed by atoms with E-state index in [0.29, 0.717) is 31.7 Å². The molecule has 2 aromatic carbocycles. The lowest BCUT2D eigenvalue weighted by atomic mass is 9.72. The van der Waals surface area contributed by atoms with Gasteiger partial charge in [-0.3, -0.25) is 9.59 Å². The maximum absolute atomic E-state index is 14.5. The molecule has 159 valence electrons. The minimum atomic E-state index is -0.729. The first-order valence-corrected chi connectivity index (χ1v) is 10.4. The van der Waals surface area contributed by atoms with E-state index in [4.69, 9.17) is 0 Å². The second-order valence-corrected chi connectivity index (χ2v) is 7.51. The van der Waals surface area contributed by atoms with Crippen LogP contribution in [0.25, 0.3) is 16.6 Å². The van der Waals surface area contributed by atoms with Crippen molar-refractivity contribution < 1.29 is 14.0 Å². The lowest BCUT2D eigenvalue weighted by Crippen LogP contribution is -2.49. The number of nitrogens with zero attached hydrogens (tertiary/aromatic N) is 3. The number of Topliss-reactive ketones (excluding diaryl/α,β-unsaturated/α-hetero) is 1. The molecule has 0 unspecified atom stereocenters. The Morgan fingerprint density at radius 2 is 1.78 bits per heavy atom. The van der Waals surface area contributed by atoms with E-state index in [1.54, 1.807) is 6.07 Å². The number of halogens is 1. The summed E-state index contributed by atoms with van der Waals surface area (Å²) in [6, 6.07) is 14.6. The standard InChI is InChI=1S/C24H21BFN4O2/c1-25-18-7-8-19(26)21-17(15-28-22(18)21)23(31)24(32)30-13-11-29(12-14-30)20(9-10-27)16-5-3-2-4-6-16/h2-9,15,28H,11-14H2,1H3/b20-9+. The number of piperazine rings is 1. The number of hydrogen-bond donors (Lipinski definition) is 1. The lowest BCUT2D eigenvalue weighted by Gasteiger charge is -2.37. The van der Waals surface area contributed by atoms with E-state index in [-0.39, 0.29) is 10.9 Å². The zero-order valence-electron chi connectivity index (χ0n) is 17.6. The molecular weight excluding hydrogens is 406 g/mol. The molecule has 1 N–H and O–H groups in total. The highest BCUT2D eigenvalue weighted by atomic mass is 19.1. The first kappa shape index (κ1) is 21.4. The van der Waals surface area contributed by atoms with Crippen LogP contribution >= 0.6 is 0 Å². The Morgan fingerprint density at radius 3 is 2.44 bits per heavy atom. The SMILES string of the molecule is C[B]c1ccc(F)c2c(C(=O)C(=O)N3CCN(/C(=C/C#N)c4ccccc4)CC3)c[nH]c12. The molecule has 8 heteroatoms. The molecule has 1 amide bonds. The summed E-state index contributed by atoms with van der Waals surface area (Å²) in [7, 11) is 1.81. The molecule has 6 nitrogen and oxygen atoms in total. The fourth-order valence-corrected chi connectivity index (χ4v) is 4.08. The van der Waals surface area contributed by atoms with Crippen LogP contribution in [-0.2, 0) is 4.79 Å². The molecule has 1 fully saturated rings. The third-order valence-electron chi connectivity index (χ3n) is 5.75. The summed E-state index contributed by atoms with van der Waals surface area (Å²) < 4.78 is 14.5. The van der Waals surface area contributed by atoms with Crippen LogP contribution in [0.2, 0.25) is 6.82 Å². The van der Waals surface area contributed by atoms with Crippen molar-refractivity contribution in [2.24, 2.45) is 0 Å². The Hall–Kier alpha value is -3.86. The highest BCUT2D eigenvalue weighted by Gasteiger charge is 2.30. The van der Waals surface area contributed by atoms with Crippen molar-refractivity contribution in [1.29, 1.82) is 5.26 Å². The molecule has 1 aliphatic rings. The second-order valence-electron chi connectivity index (χ2n) is 7.51. The third kappa shape index (κ3) is 3.90. The number of benzene rings is 2. The number of fused-ring (bicyclic) bond motifs is 1. The number of rotatable bonds is 5. The molecule has 0 bridgehead atoms. The Balaban J connectivity index is 1.51. The molecule has 32 heavy (non-hydrogen) atoms. The Bertz CT molecular complexity index is 1240. The molecule has 0 aliphatic carbocycles. The van der Waals surface area contributed by atoms with Crippen LogP contribution in [0.1, 0.15) is 15.9 Å². The number of aromatic nitrogens is 1. The van der Waals surface area contributed by atoms with Gasteiger partial charge in [0.25, 0.3) is 11.7 Å². The van der Waals surface area contributed by atoms with E-state index >= 15 is 0 Å². The van der Waals surface area contributed by atoms with Crippen LogP contribution < -0.4 is 5.46 Å². The van der Waals surface area contributed by atoms with Crippen molar-refractivity contribution in [3.63, 3.8) is 0 Å². The number of nitrogens with one attached hydrogen (secondary N) is 1. The van der Waals surface area contributed by atoms with Crippen LogP contribution in [0, 0.1) is 17.1 Å². The van der Waals surface area contributed by atoms with Gasteiger partial charge >= 0.3 is 0 Å². The molecule has 0 spiro atoms. The lowest BCUT2D eigenvalue weighted by molar-refractivity contribution is -0.127. The van der Waals surface area contributed by atoms with Crippen molar-refractivity contribution in [3.8, 4) is 6.07 Å². The predicted molar refractivity (Wildman–Crippen MR) is 122 cm³/mol. The molecule has 0 atom stereocenters. The van der Waals surface area contributed by atoms with Crippen molar-refractivity contribution in [3.05, 3.63) is 71.7 Å². The van der Waals surface area contributed by atoms with Gasteiger partial charge in [-0.15, -0.1) is 0 Å². The number of aromatic amines is 1. The number of nitriles is 1. The first-order chi connectivity index (χ1) is 15.5. The van der Waals surface area contributed by atoms with Gasteiger partial charge in [0.15, 0.2) is 7.28 Å². The number of amides is 1. The molecular formula is C24H21BFN4O2. The van der Waals surface area contributed by atoms with Crippen LogP contribution in [-0.4, -0.2) is 59.9 Å². The van der Waals surface area contributed by atoms with Gasteiger partial charge < -0.3 is 14.8 Å². The van der Waals surface area contributed by atoms with Gasteiger partial charge in [0.1, 0.15) is 5.82 Å². The molecule has 0 saturated carbocycles. The van der Waals surface area contributed by atoms with Gasteiger partial charge in [-0.1, -0.05) is 48.7 Å². The Kier molecular flexibility index (Phi) is 6.08. The molecule has 4 rings (SSSR count). The van der Waals surface area contributed by atoms with Gasteiger partial charge in [0.2, 0.25) is 0 Å². The molecule has 1 saturated heterocycles. The summed E-state index contributed by atoms with van der Waals surface area (Å²) in [6.07, 6.45) is 2.90. The number of carbonyl (C=O) groups is 2. The van der Waals surface area contributed by atoms with Gasteiger partial charge in [0.05, 0.1) is 17.3 Å². The molecule has 1 aliphatic heterocycles. The molecule has 2 heterocycles. The van der Waals surface area contributed by atoms with E-state index in [9.17, 15) is 19.2 Å². The van der Waals surface area contributed by atoms with E-state index < -0.39 is 17.5 Å². The van der Waals surface area contributed by atoms with Crippen LogP contribution in [0.3, 0.4) is 0 Å². The maximum atomic E-state index is 14.5. The second kappa shape index (κ2) is 9.10. The summed E-state index contributed by atoms with van der Waals surface area (Å²) in [5, 5.41) is 9.34. The zero-order chi connectivity index (χ0) is 22.7. The number of carbonyl (C=O) groups excluding carboxylic acids is 2. The summed E-state index contributed by atoms with van der Waals surface area (Å²) >= 11 is 0. The summed E-state index contributed by atoms with van der Waals surface area (Å²) in [5.41, 5.74) is 3.01. The van der Waals surface area contributed by atoms with E-state index in [2.05, 4.69) is 11.1 Å². The van der Waals surface area contributed by atoms with Gasteiger partial charge in [0, 0.05) is 49.4 Å². The average molecular weight is 427 g/mol. The van der Waals surface area contributed by atoms with Crippen LogP contribution in [0.15, 0.2) is 54.7 Å². The average Bonchev–Trinajstić information content (AvgIpc) is 3.29. The number of ketones is 1. The number of hydrogen-bond acceptors (Lipinski definition) is 4. The number of allylic oxidation sites excluding steroid dienone is 1. The Morgan fingerprint density at radius 1 is 1.09 bits per heavy atom. The fraction of sp³-hybridized carbons (Fsp3) is 0.208. The van der Waals surface area contributed by atoms with Gasteiger partial charge in [-0.2, -0.15) is 5.26 Å². The summed E-state index contributed by atoms with van der Waals surface area (Å²) in [4.78, 5) is 32.3. The maximum Gasteiger partial charge on any atom is 0.295 e. The Labute approximate surface area is 186 Å². The predicted octanol–water partition coefficient (Wildman–Crippen LogP) is 2.58. The topological polar surface area (TPSA) is 80.2 Å². The van der Waals surface area contributed by atoms with Crippen molar-refractivity contribution in [1.82, 2.24) is 14.8 Å². The monoisotopic (exact) mass is 427 g/mol. The highest BCUT2D eigenvalue weighted by molar-refractivity contribution is 6.56. The van der Waals surface area contributed by atoms with Gasteiger partial charge in [-0.25, -0.2) is 4.39 Å². The van der Waals surface area contributed by atoms with Crippen molar-refractivity contribution in [2.45, 2.75) is 6.82 Å². The summed E-state index contributed by atoms with van der Waals surface area (Å²) in [5.74, 6) is -1.92. The van der Waals surface area contributed by atoms with Gasteiger partial charge in [-0.05, 0) is 11.6 Å². The van der Waals surface area contributed by atoms with E-state index in [1.807, 2.05) is 49.3 Å². The molecule has 1 aromatic heterocycles. The fourth-order valence-electron chi connectivity index (χ4n) is 4.08. The van der Waals surface area contributed by atoms with Crippen LogP contribution in [0.5, 0.6) is 0 Å². The molecule has 1 radical (unpaired) electrons. The first-order valence-electron chi connectivity index (χ1n) is 10.4. The third-order valence-corrected chi connectivity index (χ3v) is 5.75. The molecule has 3 aromatic rings.